The minimum atomic E-state index is -1.20. The van der Waals surface area contributed by atoms with Crippen molar-refractivity contribution >= 4 is 11.9 Å². The highest BCUT2D eigenvalue weighted by Gasteiger charge is 2.28. The molecule has 1 aromatic carbocycles. The van der Waals surface area contributed by atoms with E-state index in [9.17, 15) is 20.3 Å². The molecule has 0 aliphatic heterocycles. The van der Waals surface area contributed by atoms with Crippen LogP contribution in [0.15, 0.2) is 6.07 Å². The van der Waals surface area contributed by atoms with Gasteiger partial charge in [0, 0.05) is 12.6 Å². The van der Waals surface area contributed by atoms with Crippen LogP contribution in [0.1, 0.15) is 29.2 Å². The van der Waals surface area contributed by atoms with E-state index < -0.39 is 16.7 Å². The van der Waals surface area contributed by atoms with E-state index in [-0.39, 0.29) is 23.3 Å². The molecule has 1 aromatic rings. The number of phenols is 1. The van der Waals surface area contributed by atoms with Crippen molar-refractivity contribution in [3.8, 4) is 18.1 Å². The summed E-state index contributed by atoms with van der Waals surface area (Å²) in [5.74, 6) is 1.85. The highest BCUT2D eigenvalue weighted by Crippen LogP contribution is 2.37. The first kappa shape index (κ1) is 13.7. The molecule has 0 saturated heterocycles. The van der Waals surface area contributed by atoms with Crippen LogP contribution in [0, 0.1) is 34.8 Å². The fourth-order valence-electron chi connectivity index (χ4n) is 1.79. The summed E-state index contributed by atoms with van der Waals surface area (Å²) >= 11 is 0. The largest absolute Gasteiger partial charge is 0.507 e. The van der Waals surface area contributed by atoms with Crippen molar-refractivity contribution in [1.82, 2.24) is 0 Å². The first-order valence-electron chi connectivity index (χ1n) is 5.06. The van der Waals surface area contributed by atoms with Gasteiger partial charge < -0.3 is 15.6 Å². The number of rotatable bonds is 4. The molecule has 0 spiro atoms. The average molecular weight is 248 g/mol. The van der Waals surface area contributed by atoms with Gasteiger partial charge in [0.1, 0.15) is 11.3 Å². The van der Waals surface area contributed by atoms with Gasteiger partial charge in [-0.15, -0.1) is 12.3 Å². The fraction of sp³-hybridized carbons (Fsp3) is 0.250. The topological polar surface area (TPSA) is 107 Å². The van der Waals surface area contributed by atoms with E-state index in [0.717, 1.165) is 0 Å². The van der Waals surface area contributed by atoms with Crippen molar-refractivity contribution < 1.29 is 15.1 Å². The molecule has 0 heterocycles. The minimum absolute atomic E-state index is 0.0363. The molecule has 1 atom stereocenters. The van der Waals surface area contributed by atoms with Crippen molar-refractivity contribution in [2.24, 2.45) is 0 Å². The number of aryl methyl sites for hydroxylation is 1. The van der Waals surface area contributed by atoms with Crippen LogP contribution in [0.5, 0.6) is 5.75 Å². The van der Waals surface area contributed by atoms with Crippen molar-refractivity contribution in [2.75, 3.05) is 0 Å². The van der Waals surface area contributed by atoms with Gasteiger partial charge in [-0.2, -0.15) is 0 Å². The summed E-state index contributed by atoms with van der Waals surface area (Å²) in [6.07, 6.45) is 4.47. The van der Waals surface area contributed by atoms with Crippen LogP contribution in [0.2, 0.25) is 0 Å². The normalized spacial score (nSPS) is 11.6. The maximum absolute atomic E-state index is 11.0. The van der Waals surface area contributed by atoms with Gasteiger partial charge in [0.05, 0.1) is 16.6 Å². The number of nitrogens with one attached hydrogen (secondary N) is 1. The molecule has 94 valence electrons. The third kappa shape index (κ3) is 2.31. The molecule has 1 rings (SSSR count). The first-order chi connectivity index (χ1) is 8.43. The van der Waals surface area contributed by atoms with E-state index in [1.807, 2.05) is 0 Å². The molecule has 1 unspecified atom stereocenters. The van der Waals surface area contributed by atoms with Gasteiger partial charge in [0.2, 0.25) is 0 Å². The molecule has 0 amide bonds. The monoisotopic (exact) mass is 248 g/mol. The lowest BCUT2D eigenvalue weighted by atomic mass is 9.95. The maximum atomic E-state index is 11.0. The third-order valence-electron chi connectivity index (χ3n) is 2.54. The van der Waals surface area contributed by atoms with Gasteiger partial charge in [-0.25, -0.2) is 0 Å². The number of aliphatic hydroxyl groups excluding tert-OH is 1. The zero-order valence-corrected chi connectivity index (χ0v) is 9.67. The number of nitro benzene ring substituents is 1. The lowest BCUT2D eigenvalue weighted by Crippen LogP contribution is -2.07. The van der Waals surface area contributed by atoms with Crippen LogP contribution in [-0.4, -0.2) is 21.4 Å². The summed E-state index contributed by atoms with van der Waals surface area (Å²) in [7, 11) is 0. The SMILES string of the molecule is C#CCC(O)c1c(C)cc(O)c(C=N)c1[N+](=O)[O-]. The Kier molecular flexibility index (Phi) is 4.02. The molecule has 6 heteroatoms. The standard InChI is InChI=1S/C12H12N2O4/c1-3-4-9(15)11-7(2)5-10(16)8(6-13)12(11)14(17)18/h1,5-6,9,13,15-16H,4H2,2H3. The second-order valence-electron chi connectivity index (χ2n) is 3.71. The van der Waals surface area contributed by atoms with Crippen LogP contribution >= 0.6 is 0 Å². The number of nitro groups is 1. The van der Waals surface area contributed by atoms with Crippen LogP contribution in [0.4, 0.5) is 5.69 Å². The molecular formula is C12H12N2O4. The molecule has 18 heavy (non-hydrogen) atoms. The summed E-state index contributed by atoms with van der Waals surface area (Å²) < 4.78 is 0. The van der Waals surface area contributed by atoms with Gasteiger partial charge in [0.25, 0.3) is 5.69 Å². The second-order valence-corrected chi connectivity index (χ2v) is 3.71. The van der Waals surface area contributed by atoms with Crippen LogP contribution in [-0.2, 0) is 0 Å². The highest BCUT2D eigenvalue weighted by atomic mass is 16.6. The van der Waals surface area contributed by atoms with Gasteiger partial charge in [-0.05, 0) is 18.6 Å². The average Bonchev–Trinajstić information content (AvgIpc) is 2.27. The van der Waals surface area contributed by atoms with E-state index >= 15 is 0 Å². The molecule has 0 bridgehead atoms. The molecule has 0 radical (unpaired) electrons. The molecule has 0 fully saturated rings. The van der Waals surface area contributed by atoms with Gasteiger partial charge in [-0.1, -0.05) is 0 Å². The maximum Gasteiger partial charge on any atom is 0.287 e. The van der Waals surface area contributed by atoms with Crippen LogP contribution in [0.3, 0.4) is 0 Å². The molecular weight excluding hydrogens is 236 g/mol. The number of aliphatic hydroxyl groups is 1. The van der Waals surface area contributed by atoms with E-state index in [1.54, 1.807) is 0 Å². The molecule has 0 aromatic heterocycles. The molecule has 3 N–H and O–H groups in total. The Bertz CT molecular complexity index is 546. The van der Waals surface area contributed by atoms with Crippen molar-refractivity contribution in [3.05, 3.63) is 32.9 Å². The van der Waals surface area contributed by atoms with E-state index in [1.165, 1.54) is 13.0 Å². The van der Waals surface area contributed by atoms with Gasteiger partial charge in [-0.3, -0.25) is 10.1 Å². The molecule has 0 aliphatic carbocycles. The van der Waals surface area contributed by atoms with Crippen molar-refractivity contribution in [2.45, 2.75) is 19.4 Å². The zero-order valence-electron chi connectivity index (χ0n) is 9.67. The van der Waals surface area contributed by atoms with Gasteiger partial charge >= 0.3 is 0 Å². The summed E-state index contributed by atoms with van der Waals surface area (Å²) in [4.78, 5) is 10.3. The minimum Gasteiger partial charge on any atom is -0.507 e. The Hall–Kier alpha value is -2.39. The molecule has 0 aliphatic rings. The summed E-state index contributed by atoms with van der Waals surface area (Å²) in [5, 5.41) is 37.6. The highest BCUT2D eigenvalue weighted by molar-refractivity contribution is 5.88. The van der Waals surface area contributed by atoms with Crippen molar-refractivity contribution in [1.29, 1.82) is 5.41 Å². The Morgan fingerprint density at radius 1 is 1.72 bits per heavy atom. The number of benzene rings is 1. The number of phenolic OH excluding ortho intramolecular Hbond substituents is 1. The Labute approximate surface area is 104 Å². The number of terminal acetylenes is 1. The smallest absolute Gasteiger partial charge is 0.287 e. The predicted octanol–water partition coefficient (Wildman–Crippen LogP) is 1.66. The van der Waals surface area contributed by atoms with Gasteiger partial charge in [0.15, 0.2) is 0 Å². The lowest BCUT2D eigenvalue weighted by molar-refractivity contribution is -0.386. The number of hydrogen-bond acceptors (Lipinski definition) is 5. The van der Waals surface area contributed by atoms with E-state index in [2.05, 4.69) is 5.92 Å². The lowest BCUT2D eigenvalue weighted by Gasteiger charge is -2.14. The Morgan fingerprint density at radius 3 is 2.78 bits per heavy atom. The first-order valence-corrected chi connectivity index (χ1v) is 5.06. The predicted molar refractivity (Wildman–Crippen MR) is 65.8 cm³/mol. The van der Waals surface area contributed by atoms with Crippen LogP contribution in [0.25, 0.3) is 0 Å². The number of hydrogen-bond donors (Lipinski definition) is 3. The van der Waals surface area contributed by atoms with E-state index in [0.29, 0.717) is 11.8 Å². The zero-order chi connectivity index (χ0) is 13.9. The third-order valence-corrected chi connectivity index (χ3v) is 2.54. The Morgan fingerprint density at radius 2 is 2.33 bits per heavy atom. The number of aromatic hydroxyl groups is 1. The van der Waals surface area contributed by atoms with Crippen molar-refractivity contribution in [3.63, 3.8) is 0 Å². The second kappa shape index (κ2) is 5.29. The quantitative estimate of drug-likeness (QED) is 0.326. The number of nitrogens with zero attached hydrogens (tertiary/aromatic N) is 1. The summed E-state index contributed by atoms with van der Waals surface area (Å²) in [6.45, 7) is 1.52. The summed E-state index contributed by atoms with van der Waals surface area (Å²) in [6, 6.07) is 1.27. The molecule has 0 saturated carbocycles. The van der Waals surface area contributed by atoms with Crippen LogP contribution < -0.4 is 0 Å². The Balaban J connectivity index is 3.63. The van der Waals surface area contributed by atoms with E-state index in [4.69, 9.17) is 11.8 Å². The fourth-order valence-corrected chi connectivity index (χ4v) is 1.79. The summed E-state index contributed by atoms with van der Waals surface area (Å²) in [5.41, 5.74) is -0.330. The molecule has 6 nitrogen and oxygen atoms in total.